The van der Waals surface area contributed by atoms with Crippen molar-refractivity contribution >= 4 is 39.5 Å². The predicted molar refractivity (Wildman–Crippen MR) is 322 cm³/mol. The van der Waals surface area contributed by atoms with Gasteiger partial charge >= 0.3 is 39.5 Å². The Labute approximate surface area is 492 Å². The zero-order valence-corrected chi connectivity index (χ0v) is 53.7. The Hall–Kier alpha value is -1.94. The van der Waals surface area contributed by atoms with Gasteiger partial charge in [0.2, 0.25) is 0 Å². The lowest BCUT2D eigenvalue weighted by Gasteiger charge is -2.21. The summed E-state index contributed by atoms with van der Waals surface area (Å²) >= 11 is 0. The molecule has 0 fully saturated rings. The molecule has 0 aliphatic rings. The summed E-state index contributed by atoms with van der Waals surface area (Å²) in [4.78, 5) is 71.6. The second-order valence-corrected chi connectivity index (χ2v) is 25.6. The minimum atomic E-state index is -4.94. The summed E-state index contributed by atoms with van der Waals surface area (Å²) < 4.78 is 67.5. The van der Waals surface area contributed by atoms with Crippen LogP contribution < -0.4 is 0 Å². The third-order valence-corrected chi connectivity index (χ3v) is 16.5. The molecule has 19 heteroatoms. The number of phosphoric acid groups is 2. The maximum atomic E-state index is 13.0. The SMILES string of the molecule is CCCCCCCCCCCCCCCCCCCCCC(=O)O[C@H](COC(=O)CCCCCCCCCCC(C)CC)COP(=O)(O)OC[C@@H](O)COP(=O)(O)OC[C@@H](COC(=O)CCCCCCC)OC(=O)CCCCCCC. The zero-order valence-electron chi connectivity index (χ0n) is 51.9. The van der Waals surface area contributed by atoms with E-state index in [1.807, 2.05) is 0 Å². The average Bonchev–Trinajstić information content (AvgIpc) is 3.45. The Morgan fingerprint density at radius 1 is 0.346 bits per heavy atom. The molecular formula is C62H120O17P2. The molecule has 0 aliphatic carbocycles. The van der Waals surface area contributed by atoms with Gasteiger partial charge in [0.25, 0.3) is 0 Å². The summed E-state index contributed by atoms with van der Waals surface area (Å²) in [7, 11) is -9.86. The molecule has 480 valence electrons. The number of esters is 4. The maximum absolute atomic E-state index is 13.0. The van der Waals surface area contributed by atoms with E-state index in [4.69, 9.17) is 37.0 Å². The van der Waals surface area contributed by atoms with Crippen molar-refractivity contribution in [1.82, 2.24) is 0 Å². The molecule has 0 saturated heterocycles. The van der Waals surface area contributed by atoms with Gasteiger partial charge in [-0.05, 0) is 31.6 Å². The second kappa shape index (κ2) is 55.9. The summed E-state index contributed by atoms with van der Waals surface area (Å²) in [5.74, 6) is -1.38. The van der Waals surface area contributed by atoms with Crippen LogP contribution in [0, 0.1) is 5.92 Å². The first-order chi connectivity index (χ1) is 39.1. The molecule has 0 amide bonds. The van der Waals surface area contributed by atoms with Gasteiger partial charge in [-0.3, -0.25) is 37.3 Å². The molecule has 0 heterocycles. The Morgan fingerprint density at radius 2 is 0.593 bits per heavy atom. The van der Waals surface area contributed by atoms with E-state index in [1.54, 1.807) is 0 Å². The highest BCUT2D eigenvalue weighted by Gasteiger charge is 2.30. The van der Waals surface area contributed by atoms with Crippen LogP contribution in [-0.2, 0) is 65.4 Å². The molecule has 0 bridgehead atoms. The van der Waals surface area contributed by atoms with Crippen LogP contribution in [0.1, 0.15) is 311 Å². The number of rotatable bonds is 62. The predicted octanol–water partition coefficient (Wildman–Crippen LogP) is 17.0. The Morgan fingerprint density at radius 3 is 0.877 bits per heavy atom. The van der Waals surface area contributed by atoms with Crippen molar-refractivity contribution in [3.63, 3.8) is 0 Å². The van der Waals surface area contributed by atoms with Gasteiger partial charge in [0, 0.05) is 25.7 Å². The van der Waals surface area contributed by atoms with Crippen molar-refractivity contribution in [3.8, 4) is 0 Å². The molecule has 17 nitrogen and oxygen atoms in total. The molecule has 0 aromatic rings. The van der Waals surface area contributed by atoms with E-state index < -0.39 is 97.5 Å². The molecular weight excluding hydrogens is 1080 g/mol. The topological polar surface area (TPSA) is 237 Å². The Kier molecular flexibility index (Phi) is 54.6. The first-order valence-corrected chi connectivity index (χ1v) is 35.7. The third-order valence-electron chi connectivity index (χ3n) is 14.6. The van der Waals surface area contributed by atoms with E-state index in [0.29, 0.717) is 25.7 Å². The van der Waals surface area contributed by atoms with Crippen LogP contribution in [0.3, 0.4) is 0 Å². The lowest BCUT2D eigenvalue weighted by Crippen LogP contribution is -2.30. The normalized spacial score (nSPS) is 14.6. The van der Waals surface area contributed by atoms with Gasteiger partial charge in [0.15, 0.2) is 12.2 Å². The van der Waals surface area contributed by atoms with E-state index in [0.717, 1.165) is 102 Å². The molecule has 0 radical (unpaired) electrons. The van der Waals surface area contributed by atoms with E-state index in [1.165, 1.54) is 128 Å². The summed E-state index contributed by atoms with van der Waals surface area (Å²) in [6.45, 7) is 7.00. The van der Waals surface area contributed by atoms with Crippen LogP contribution in [0.2, 0.25) is 0 Å². The monoisotopic (exact) mass is 1200 g/mol. The minimum Gasteiger partial charge on any atom is -0.462 e. The number of unbranched alkanes of at least 4 members (excludes halogenated alkanes) is 33. The fourth-order valence-electron chi connectivity index (χ4n) is 9.20. The highest BCUT2D eigenvalue weighted by Crippen LogP contribution is 2.45. The molecule has 81 heavy (non-hydrogen) atoms. The van der Waals surface area contributed by atoms with Crippen LogP contribution in [-0.4, -0.2) is 96.7 Å². The Balaban J connectivity index is 5.07. The minimum absolute atomic E-state index is 0.0988. The fourth-order valence-corrected chi connectivity index (χ4v) is 10.8. The molecule has 3 unspecified atom stereocenters. The molecule has 0 aromatic heterocycles. The molecule has 0 spiro atoms. The summed E-state index contributed by atoms with van der Waals surface area (Å²) in [6, 6.07) is 0. The summed E-state index contributed by atoms with van der Waals surface area (Å²) in [5, 5.41) is 10.5. The van der Waals surface area contributed by atoms with Crippen LogP contribution in [0.5, 0.6) is 0 Å². The maximum Gasteiger partial charge on any atom is 0.472 e. The van der Waals surface area contributed by atoms with Crippen molar-refractivity contribution in [2.75, 3.05) is 39.6 Å². The van der Waals surface area contributed by atoms with Crippen LogP contribution in [0.15, 0.2) is 0 Å². The van der Waals surface area contributed by atoms with Crippen LogP contribution in [0.25, 0.3) is 0 Å². The van der Waals surface area contributed by atoms with Gasteiger partial charge < -0.3 is 33.8 Å². The number of aliphatic hydroxyl groups is 1. The van der Waals surface area contributed by atoms with E-state index >= 15 is 0 Å². The Bertz CT molecular complexity index is 1590. The van der Waals surface area contributed by atoms with Gasteiger partial charge in [0.1, 0.15) is 19.3 Å². The standard InChI is InChI=1S/C62H120O17P2/c1-6-10-13-16-17-18-19-20-21-22-23-24-25-26-27-28-33-38-43-48-62(67)79-58(52-73-60(65)46-41-37-32-30-29-31-36-39-44-55(5)9-4)54-77-81(70,71)75-50-56(63)49-74-80(68,69)76-53-57(78-61(66)47-42-35-15-12-8-3)51-72-59(64)45-40-34-14-11-7-2/h55-58,63H,6-54H2,1-5H3,(H,68,69)(H,70,71)/t55?,56-,57+,58+/m0/s1. The number of carbonyl (C=O) groups is 4. The number of hydrogen-bond donors (Lipinski definition) is 3. The molecule has 0 saturated carbocycles. The number of hydrogen-bond acceptors (Lipinski definition) is 15. The lowest BCUT2D eigenvalue weighted by atomic mass is 9.99. The lowest BCUT2D eigenvalue weighted by molar-refractivity contribution is -0.161. The summed E-state index contributed by atoms with van der Waals surface area (Å²) in [6.07, 6.45) is 39.8. The highest BCUT2D eigenvalue weighted by atomic mass is 31.2. The quantitative estimate of drug-likeness (QED) is 0.0222. The van der Waals surface area contributed by atoms with Gasteiger partial charge in [0.05, 0.1) is 26.4 Å². The highest BCUT2D eigenvalue weighted by molar-refractivity contribution is 7.47. The number of ether oxygens (including phenoxy) is 4. The van der Waals surface area contributed by atoms with Crippen molar-refractivity contribution in [3.05, 3.63) is 0 Å². The second-order valence-electron chi connectivity index (χ2n) is 22.7. The van der Waals surface area contributed by atoms with Crippen molar-refractivity contribution in [2.45, 2.75) is 329 Å². The zero-order chi connectivity index (χ0) is 59.9. The van der Waals surface area contributed by atoms with Gasteiger partial charge in [-0.1, -0.05) is 259 Å². The first kappa shape index (κ1) is 79.1. The molecule has 0 aromatic carbocycles. The molecule has 3 N–H and O–H groups in total. The van der Waals surface area contributed by atoms with Gasteiger partial charge in [-0.15, -0.1) is 0 Å². The van der Waals surface area contributed by atoms with E-state index in [-0.39, 0.29) is 25.7 Å². The van der Waals surface area contributed by atoms with Crippen LogP contribution in [0.4, 0.5) is 0 Å². The van der Waals surface area contributed by atoms with Crippen molar-refractivity contribution in [1.29, 1.82) is 0 Å². The number of phosphoric ester groups is 2. The fraction of sp³-hybridized carbons (Fsp3) is 0.935. The van der Waals surface area contributed by atoms with E-state index in [9.17, 15) is 43.2 Å². The third kappa shape index (κ3) is 55.7. The smallest absolute Gasteiger partial charge is 0.462 e. The van der Waals surface area contributed by atoms with Crippen molar-refractivity contribution in [2.24, 2.45) is 5.92 Å². The van der Waals surface area contributed by atoms with Crippen molar-refractivity contribution < 1.29 is 80.2 Å². The largest absolute Gasteiger partial charge is 0.472 e. The number of aliphatic hydroxyl groups excluding tert-OH is 1. The molecule has 0 rings (SSSR count). The van der Waals surface area contributed by atoms with Gasteiger partial charge in [-0.2, -0.15) is 0 Å². The van der Waals surface area contributed by atoms with E-state index in [2.05, 4.69) is 34.6 Å². The number of carbonyl (C=O) groups excluding carboxylic acids is 4. The van der Waals surface area contributed by atoms with Gasteiger partial charge in [-0.25, -0.2) is 9.13 Å². The first-order valence-electron chi connectivity index (χ1n) is 32.7. The molecule has 6 atom stereocenters. The summed E-state index contributed by atoms with van der Waals surface area (Å²) in [5.41, 5.74) is 0. The van der Waals surface area contributed by atoms with Crippen LogP contribution >= 0.6 is 15.6 Å². The average molecular weight is 1200 g/mol. The molecule has 0 aliphatic heterocycles.